The third kappa shape index (κ3) is 4.36. The van der Waals surface area contributed by atoms with Gasteiger partial charge in [0.15, 0.2) is 0 Å². The van der Waals surface area contributed by atoms with E-state index in [9.17, 15) is 0 Å². The van der Waals surface area contributed by atoms with E-state index in [0.29, 0.717) is 6.04 Å². The SMILES string of the molecule is CCCNCc1coc(CN2CCC(C)CC2C)c1. The van der Waals surface area contributed by atoms with Crippen molar-refractivity contribution in [2.45, 2.75) is 59.2 Å². The summed E-state index contributed by atoms with van der Waals surface area (Å²) in [6.07, 6.45) is 5.70. The lowest BCUT2D eigenvalue weighted by Crippen LogP contribution is -2.39. The van der Waals surface area contributed by atoms with Gasteiger partial charge < -0.3 is 9.73 Å². The Hall–Kier alpha value is -0.800. The van der Waals surface area contributed by atoms with Gasteiger partial charge in [-0.05, 0) is 51.3 Å². The molecule has 1 fully saturated rings. The van der Waals surface area contributed by atoms with E-state index >= 15 is 0 Å². The largest absolute Gasteiger partial charge is 0.468 e. The second-order valence-electron chi connectivity index (χ2n) is 6.05. The molecule has 1 saturated heterocycles. The van der Waals surface area contributed by atoms with Crippen LogP contribution in [0.4, 0.5) is 0 Å². The van der Waals surface area contributed by atoms with Gasteiger partial charge in [0.05, 0.1) is 12.8 Å². The topological polar surface area (TPSA) is 28.4 Å². The average Bonchev–Trinajstić information content (AvgIpc) is 2.81. The zero-order valence-electron chi connectivity index (χ0n) is 12.6. The van der Waals surface area contributed by atoms with Crippen LogP contribution in [-0.2, 0) is 13.1 Å². The molecule has 1 aromatic heterocycles. The predicted octanol–water partition coefficient (Wildman–Crippen LogP) is 3.40. The summed E-state index contributed by atoms with van der Waals surface area (Å²) in [5.74, 6) is 1.98. The van der Waals surface area contributed by atoms with E-state index in [1.54, 1.807) is 0 Å². The lowest BCUT2D eigenvalue weighted by Gasteiger charge is -2.35. The Labute approximate surface area is 117 Å². The molecule has 2 atom stereocenters. The fraction of sp³-hybridized carbons (Fsp3) is 0.750. The van der Waals surface area contributed by atoms with Crippen LogP contribution < -0.4 is 5.32 Å². The zero-order valence-corrected chi connectivity index (χ0v) is 12.6. The van der Waals surface area contributed by atoms with Crippen molar-refractivity contribution in [2.24, 2.45) is 5.92 Å². The fourth-order valence-corrected chi connectivity index (χ4v) is 2.90. The standard InChI is InChI=1S/C16H28N2O/c1-4-6-17-10-15-9-16(19-12-15)11-18-7-5-13(2)8-14(18)3/h9,12-14,17H,4-8,10-11H2,1-3H3. The van der Waals surface area contributed by atoms with Gasteiger partial charge in [0.1, 0.15) is 5.76 Å². The van der Waals surface area contributed by atoms with Crippen LogP contribution >= 0.6 is 0 Å². The highest BCUT2D eigenvalue weighted by molar-refractivity contribution is 5.12. The first kappa shape index (κ1) is 14.6. The Morgan fingerprint density at radius 3 is 3.00 bits per heavy atom. The summed E-state index contributed by atoms with van der Waals surface area (Å²) in [5.41, 5.74) is 1.27. The van der Waals surface area contributed by atoms with Crippen molar-refractivity contribution in [3.63, 3.8) is 0 Å². The molecule has 3 heteroatoms. The Kier molecular flexibility index (Phi) is 5.46. The molecule has 1 N–H and O–H groups in total. The molecule has 2 unspecified atom stereocenters. The summed E-state index contributed by atoms with van der Waals surface area (Å²) in [4.78, 5) is 2.54. The van der Waals surface area contributed by atoms with Gasteiger partial charge in [-0.25, -0.2) is 0 Å². The maximum absolute atomic E-state index is 5.69. The average molecular weight is 264 g/mol. The van der Waals surface area contributed by atoms with Crippen LogP contribution in [0.2, 0.25) is 0 Å². The van der Waals surface area contributed by atoms with Crippen molar-refractivity contribution in [3.8, 4) is 0 Å². The predicted molar refractivity (Wildman–Crippen MR) is 79.0 cm³/mol. The summed E-state index contributed by atoms with van der Waals surface area (Å²) in [6.45, 7) is 11.0. The molecule has 108 valence electrons. The summed E-state index contributed by atoms with van der Waals surface area (Å²) in [6, 6.07) is 2.88. The number of rotatable bonds is 6. The minimum absolute atomic E-state index is 0.676. The quantitative estimate of drug-likeness (QED) is 0.798. The first-order valence-electron chi connectivity index (χ1n) is 7.70. The summed E-state index contributed by atoms with van der Waals surface area (Å²) in [7, 11) is 0. The molecule has 1 aliphatic heterocycles. The van der Waals surface area contributed by atoms with Gasteiger partial charge in [0, 0.05) is 18.2 Å². The van der Waals surface area contributed by atoms with Gasteiger partial charge in [0.25, 0.3) is 0 Å². The van der Waals surface area contributed by atoms with Crippen molar-refractivity contribution in [2.75, 3.05) is 13.1 Å². The van der Waals surface area contributed by atoms with E-state index in [-0.39, 0.29) is 0 Å². The second kappa shape index (κ2) is 7.11. The van der Waals surface area contributed by atoms with Gasteiger partial charge in [-0.2, -0.15) is 0 Å². The summed E-state index contributed by atoms with van der Waals surface area (Å²) < 4.78 is 5.69. The molecule has 3 nitrogen and oxygen atoms in total. The van der Waals surface area contributed by atoms with Gasteiger partial charge in [-0.3, -0.25) is 4.90 Å². The first-order valence-corrected chi connectivity index (χ1v) is 7.70. The molecule has 0 bridgehead atoms. The molecule has 1 aliphatic rings. The molecular formula is C16H28N2O. The number of hydrogen-bond acceptors (Lipinski definition) is 3. The van der Waals surface area contributed by atoms with Crippen LogP contribution in [0.3, 0.4) is 0 Å². The fourth-order valence-electron chi connectivity index (χ4n) is 2.90. The lowest BCUT2D eigenvalue weighted by atomic mass is 9.93. The van der Waals surface area contributed by atoms with Crippen molar-refractivity contribution in [3.05, 3.63) is 23.7 Å². The van der Waals surface area contributed by atoms with E-state index in [1.165, 1.54) is 31.4 Å². The maximum Gasteiger partial charge on any atom is 0.118 e. The van der Waals surface area contributed by atoms with Gasteiger partial charge in [-0.1, -0.05) is 13.8 Å². The number of furan rings is 1. The van der Waals surface area contributed by atoms with Crippen molar-refractivity contribution in [1.29, 1.82) is 0 Å². The van der Waals surface area contributed by atoms with Crippen molar-refractivity contribution >= 4 is 0 Å². The monoisotopic (exact) mass is 264 g/mol. The molecule has 1 aromatic rings. The van der Waals surface area contributed by atoms with Crippen molar-refractivity contribution < 1.29 is 4.42 Å². The molecule has 0 amide bonds. The molecule has 0 radical (unpaired) electrons. The van der Waals surface area contributed by atoms with Gasteiger partial charge in [0.2, 0.25) is 0 Å². The van der Waals surface area contributed by atoms with Crippen LogP contribution in [0.15, 0.2) is 16.7 Å². The van der Waals surface area contributed by atoms with Crippen LogP contribution in [-0.4, -0.2) is 24.0 Å². The number of piperidine rings is 1. The number of nitrogens with zero attached hydrogens (tertiary/aromatic N) is 1. The third-order valence-electron chi connectivity index (χ3n) is 4.10. The Morgan fingerprint density at radius 1 is 1.42 bits per heavy atom. The molecule has 0 aliphatic carbocycles. The molecule has 0 saturated carbocycles. The molecule has 2 heterocycles. The summed E-state index contributed by atoms with van der Waals surface area (Å²) in [5, 5.41) is 3.41. The van der Waals surface area contributed by atoms with Gasteiger partial charge >= 0.3 is 0 Å². The molecular weight excluding hydrogens is 236 g/mol. The Bertz CT molecular complexity index is 375. The molecule has 0 spiro atoms. The van der Waals surface area contributed by atoms with E-state index in [1.807, 2.05) is 6.26 Å². The van der Waals surface area contributed by atoms with Crippen molar-refractivity contribution in [1.82, 2.24) is 10.2 Å². The molecule has 19 heavy (non-hydrogen) atoms. The highest BCUT2D eigenvalue weighted by Crippen LogP contribution is 2.24. The third-order valence-corrected chi connectivity index (χ3v) is 4.10. The Morgan fingerprint density at radius 2 is 2.26 bits per heavy atom. The lowest BCUT2D eigenvalue weighted by molar-refractivity contribution is 0.114. The molecule has 2 rings (SSSR count). The highest BCUT2D eigenvalue weighted by Gasteiger charge is 2.23. The number of likely N-dealkylation sites (tertiary alicyclic amines) is 1. The minimum Gasteiger partial charge on any atom is -0.468 e. The van der Waals surface area contributed by atoms with Crippen LogP contribution in [0.25, 0.3) is 0 Å². The second-order valence-corrected chi connectivity index (χ2v) is 6.05. The van der Waals surface area contributed by atoms with E-state index in [0.717, 1.165) is 31.3 Å². The minimum atomic E-state index is 0.676. The number of hydrogen-bond donors (Lipinski definition) is 1. The normalized spacial score (nSPS) is 24.8. The van der Waals surface area contributed by atoms with Crippen LogP contribution in [0.5, 0.6) is 0 Å². The first-order chi connectivity index (χ1) is 9.19. The van der Waals surface area contributed by atoms with Crippen LogP contribution in [0.1, 0.15) is 51.4 Å². The van der Waals surface area contributed by atoms with E-state index in [4.69, 9.17) is 4.42 Å². The molecule has 0 aromatic carbocycles. The Balaban J connectivity index is 1.82. The zero-order chi connectivity index (χ0) is 13.7. The highest BCUT2D eigenvalue weighted by atomic mass is 16.3. The maximum atomic E-state index is 5.69. The van der Waals surface area contributed by atoms with Crippen LogP contribution in [0, 0.1) is 5.92 Å². The number of nitrogens with one attached hydrogen (secondary N) is 1. The van der Waals surface area contributed by atoms with E-state index < -0.39 is 0 Å². The summed E-state index contributed by atoms with van der Waals surface area (Å²) >= 11 is 0. The smallest absolute Gasteiger partial charge is 0.118 e. The van der Waals surface area contributed by atoms with E-state index in [2.05, 4.69) is 37.1 Å². The van der Waals surface area contributed by atoms with Gasteiger partial charge in [-0.15, -0.1) is 0 Å².